The fourth-order valence-electron chi connectivity index (χ4n) is 5.45. The first kappa shape index (κ1) is 28.1. The van der Waals surface area contributed by atoms with Gasteiger partial charge in [-0.05, 0) is 55.7 Å². The molecule has 1 amide bonds. The predicted molar refractivity (Wildman–Crippen MR) is 151 cm³/mol. The molecule has 2 heterocycles. The number of nitrogens with zero attached hydrogens (tertiary/aromatic N) is 3. The van der Waals surface area contributed by atoms with Gasteiger partial charge in [-0.3, -0.25) is 14.2 Å². The monoisotopic (exact) mass is 654 g/mol. The third kappa shape index (κ3) is 5.22. The van der Waals surface area contributed by atoms with Crippen molar-refractivity contribution in [2.45, 2.75) is 55.6 Å². The van der Waals surface area contributed by atoms with E-state index in [1.54, 1.807) is 19.1 Å². The maximum Gasteiger partial charge on any atom is 0.308 e. The highest BCUT2D eigenvalue weighted by Gasteiger charge is 2.52. The number of benzene rings is 2. The van der Waals surface area contributed by atoms with Crippen molar-refractivity contribution in [3.05, 3.63) is 68.7 Å². The third-order valence-corrected chi connectivity index (χ3v) is 9.72. The van der Waals surface area contributed by atoms with Gasteiger partial charge in [0.05, 0.1) is 17.8 Å². The highest BCUT2D eigenvalue weighted by atomic mass is 79.9. The molecule has 2 aliphatic rings. The van der Waals surface area contributed by atoms with Crippen LogP contribution >= 0.6 is 39.1 Å². The van der Waals surface area contributed by atoms with Crippen LogP contribution in [0.3, 0.4) is 0 Å². The molecule has 0 saturated heterocycles. The van der Waals surface area contributed by atoms with Crippen molar-refractivity contribution in [2.75, 3.05) is 4.90 Å². The number of carboxylic acids is 1. The molecule has 2 aromatic carbocycles. The molecule has 3 atom stereocenters. The molecule has 1 saturated carbocycles. The van der Waals surface area contributed by atoms with Gasteiger partial charge in [-0.25, -0.2) is 23.0 Å². The van der Waals surface area contributed by atoms with Crippen molar-refractivity contribution in [1.82, 2.24) is 14.3 Å². The number of amides is 1. The molecule has 39 heavy (non-hydrogen) atoms. The first-order valence-corrected chi connectivity index (χ1v) is 15.3. The Morgan fingerprint density at radius 1 is 1.15 bits per heavy atom. The lowest BCUT2D eigenvalue weighted by Crippen LogP contribution is -2.47. The van der Waals surface area contributed by atoms with Gasteiger partial charge in [-0.2, -0.15) is 0 Å². The quantitative estimate of drug-likeness (QED) is 0.346. The van der Waals surface area contributed by atoms with Gasteiger partial charge in [0.25, 0.3) is 15.9 Å². The third-order valence-electron chi connectivity index (χ3n) is 7.30. The van der Waals surface area contributed by atoms with Gasteiger partial charge in [0, 0.05) is 27.0 Å². The Labute approximate surface area is 244 Å². The van der Waals surface area contributed by atoms with Crippen LogP contribution in [0.25, 0.3) is 0 Å². The van der Waals surface area contributed by atoms with Crippen molar-refractivity contribution in [3.63, 3.8) is 0 Å². The molecule has 13 heteroatoms. The van der Waals surface area contributed by atoms with Crippen LogP contribution in [0.15, 0.2) is 58.2 Å². The van der Waals surface area contributed by atoms with Gasteiger partial charge in [-0.15, -0.1) is 0 Å². The number of imidazole rings is 1. The lowest BCUT2D eigenvalue weighted by molar-refractivity contribution is -0.143. The summed E-state index contributed by atoms with van der Waals surface area (Å²) in [7, 11) is -4.28. The van der Waals surface area contributed by atoms with E-state index >= 15 is 0 Å². The van der Waals surface area contributed by atoms with Crippen molar-refractivity contribution in [3.8, 4) is 0 Å². The van der Waals surface area contributed by atoms with Crippen molar-refractivity contribution < 1.29 is 23.1 Å². The van der Waals surface area contributed by atoms with E-state index < -0.39 is 39.4 Å². The van der Waals surface area contributed by atoms with Gasteiger partial charge in [-0.1, -0.05) is 64.1 Å². The van der Waals surface area contributed by atoms with E-state index in [1.807, 2.05) is 24.3 Å². The van der Waals surface area contributed by atoms with Crippen molar-refractivity contribution in [1.29, 1.82) is 0 Å². The summed E-state index contributed by atoms with van der Waals surface area (Å²) in [6.07, 6.45) is 3.58. The van der Waals surface area contributed by atoms with Crippen LogP contribution in [0.2, 0.25) is 10.0 Å². The molecule has 1 aliphatic heterocycles. The zero-order chi connectivity index (χ0) is 28.1. The fourth-order valence-corrected chi connectivity index (χ4v) is 7.74. The molecule has 1 fully saturated rings. The molecule has 1 aliphatic carbocycles. The van der Waals surface area contributed by atoms with Crippen molar-refractivity contribution >= 4 is 72.7 Å². The standard InChI is InChI=1S/C26H25BrCl2N4O5S/c1-26(13-15-6-8-16(27)9-7-15)24(36)32(19-11-17(28)10-18(29)12-19)25-30-14-22(33(25)26)39(37,38)31-21-5-3-2-4-20(21)23(34)35/h6-12,14,20-21,31H,2-5,13H2,1H3,(H,34,35)/t20?,21-,26+/m0/s1. The Kier molecular flexibility index (Phi) is 7.58. The summed E-state index contributed by atoms with van der Waals surface area (Å²) >= 11 is 15.9. The largest absolute Gasteiger partial charge is 0.481 e. The van der Waals surface area contributed by atoms with Crippen LogP contribution in [0.4, 0.5) is 11.6 Å². The fraction of sp³-hybridized carbons (Fsp3) is 0.346. The summed E-state index contributed by atoms with van der Waals surface area (Å²) < 4.78 is 32.5. The Morgan fingerprint density at radius 2 is 1.79 bits per heavy atom. The van der Waals surface area contributed by atoms with Gasteiger partial charge in [0.15, 0.2) is 5.03 Å². The Hall–Kier alpha value is -2.44. The summed E-state index contributed by atoms with van der Waals surface area (Å²) in [6.45, 7) is 1.66. The van der Waals surface area contributed by atoms with E-state index in [0.29, 0.717) is 41.4 Å². The van der Waals surface area contributed by atoms with E-state index in [9.17, 15) is 23.1 Å². The van der Waals surface area contributed by atoms with Gasteiger partial charge in [0.1, 0.15) is 5.54 Å². The second-order valence-electron chi connectivity index (χ2n) is 10.0. The van der Waals surface area contributed by atoms with E-state index in [4.69, 9.17) is 23.2 Å². The molecule has 5 rings (SSSR count). The van der Waals surface area contributed by atoms with Crippen LogP contribution in [0.1, 0.15) is 38.2 Å². The number of hydrogen-bond acceptors (Lipinski definition) is 5. The van der Waals surface area contributed by atoms with Crippen LogP contribution in [0, 0.1) is 5.92 Å². The van der Waals surface area contributed by atoms with Crippen molar-refractivity contribution in [2.24, 2.45) is 5.92 Å². The van der Waals surface area contributed by atoms with Crippen LogP contribution < -0.4 is 9.62 Å². The smallest absolute Gasteiger partial charge is 0.308 e. The minimum atomic E-state index is -4.28. The zero-order valence-corrected chi connectivity index (χ0v) is 24.7. The van der Waals surface area contributed by atoms with Crippen LogP contribution in [0.5, 0.6) is 0 Å². The second-order valence-corrected chi connectivity index (χ2v) is 13.5. The van der Waals surface area contributed by atoms with E-state index in [2.05, 4.69) is 25.6 Å². The van der Waals surface area contributed by atoms with E-state index in [1.165, 1.54) is 21.7 Å². The zero-order valence-electron chi connectivity index (χ0n) is 20.8. The molecular formula is C26H25BrCl2N4O5S. The summed E-state index contributed by atoms with van der Waals surface area (Å²) in [4.78, 5) is 31.6. The summed E-state index contributed by atoms with van der Waals surface area (Å²) in [5.41, 5.74) is -0.245. The van der Waals surface area contributed by atoms with Gasteiger partial charge in [0.2, 0.25) is 5.95 Å². The van der Waals surface area contributed by atoms with E-state index in [0.717, 1.165) is 10.0 Å². The SMILES string of the molecule is C[C@@]1(Cc2ccc(Br)cc2)C(=O)N(c2cc(Cl)cc(Cl)c2)c2ncc(S(=O)(=O)N[C@H]3CCCCC3C(=O)O)n21. The van der Waals surface area contributed by atoms with Gasteiger partial charge < -0.3 is 5.11 Å². The van der Waals surface area contributed by atoms with Gasteiger partial charge >= 0.3 is 5.97 Å². The number of carbonyl (C=O) groups excluding carboxylic acids is 1. The number of fused-ring (bicyclic) bond motifs is 1. The minimum absolute atomic E-state index is 0.0942. The summed E-state index contributed by atoms with van der Waals surface area (Å²) in [5, 5.41) is 10.0. The Balaban J connectivity index is 1.63. The topological polar surface area (TPSA) is 122 Å². The number of nitrogens with one attached hydrogen (secondary N) is 1. The Bertz CT molecular complexity index is 1540. The van der Waals surface area contributed by atoms with Crippen LogP contribution in [-0.2, 0) is 31.6 Å². The number of carboxylic acid groups (broad SMARTS) is 1. The Morgan fingerprint density at radius 3 is 2.44 bits per heavy atom. The molecule has 2 N–H and O–H groups in total. The summed E-state index contributed by atoms with van der Waals surface area (Å²) in [5.74, 6) is -2.20. The number of sulfonamides is 1. The first-order valence-electron chi connectivity index (χ1n) is 12.3. The van der Waals surface area contributed by atoms with E-state index in [-0.39, 0.29) is 17.4 Å². The highest BCUT2D eigenvalue weighted by Crippen LogP contribution is 2.44. The summed E-state index contributed by atoms with van der Waals surface area (Å²) in [6, 6.07) is 11.3. The lowest BCUT2D eigenvalue weighted by Gasteiger charge is -2.30. The normalized spacial score (nSPS) is 23.2. The molecular weight excluding hydrogens is 631 g/mol. The number of anilines is 2. The molecule has 1 unspecified atom stereocenters. The molecule has 3 aromatic rings. The number of rotatable bonds is 7. The maximum atomic E-state index is 14.1. The number of hydrogen-bond donors (Lipinski definition) is 2. The molecule has 0 radical (unpaired) electrons. The second kappa shape index (κ2) is 10.5. The molecule has 9 nitrogen and oxygen atoms in total. The predicted octanol–water partition coefficient (Wildman–Crippen LogP) is 5.51. The lowest BCUT2D eigenvalue weighted by atomic mass is 9.85. The number of carbonyl (C=O) groups is 2. The number of halogens is 3. The number of aliphatic carboxylic acids is 1. The molecule has 0 bridgehead atoms. The minimum Gasteiger partial charge on any atom is -0.481 e. The molecule has 206 valence electrons. The maximum absolute atomic E-state index is 14.1. The number of aromatic nitrogens is 2. The average Bonchev–Trinajstić information content (AvgIpc) is 3.39. The average molecular weight is 656 g/mol. The molecule has 0 spiro atoms. The highest BCUT2D eigenvalue weighted by molar-refractivity contribution is 9.10. The first-order chi connectivity index (χ1) is 18.4. The van der Waals surface area contributed by atoms with Crippen LogP contribution in [-0.4, -0.2) is 41.0 Å². The molecule has 1 aromatic heterocycles.